The summed E-state index contributed by atoms with van der Waals surface area (Å²) in [6.07, 6.45) is -2.46. The van der Waals surface area contributed by atoms with Gasteiger partial charge in [0.1, 0.15) is 17.4 Å². The van der Waals surface area contributed by atoms with Crippen molar-refractivity contribution in [1.82, 2.24) is 0 Å². The van der Waals surface area contributed by atoms with Crippen molar-refractivity contribution >= 4 is 0 Å². The van der Waals surface area contributed by atoms with Crippen LogP contribution in [0.3, 0.4) is 0 Å². The highest BCUT2D eigenvalue weighted by atomic mass is 19.3. The zero-order valence-corrected chi connectivity index (χ0v) is 14.9. The topological polar surface area (TPSA) is 27.7 Å². The quantitative estimate of drug-likeness (QED) is 0.703. The van der Waals surface area contributed by atoms with E-state index in [0.717, 1.165) is 25.0 Å². The number of alkyl halides is 2. The molecule has 1 aromatic carbocycles. The van der Waals surface area contributed by atoms with E-state index in [1.54, 1.807) is 0 Å². The first-order chi connectivity index (χ1) is 12.3. The van der Waals surface area contributed by atoms with Crippen LogP contribution < -0.4 is 4.74 Å². The number of ether oxygens (including phenoxy) is 3. The summed E-state index contributed by atoms with van der Waals surface area (Å²) < 4.78 is 71.5. The van der Waals surface area contributed by atoms with E-state index in [1.165, 1.54) is 6.92 Å². The van der Waals surface area contributed by atoms with E-state index in [1.807, 2.05) is 0 Å². The molecule has 4 unspecified atom stereocenters. The second-order valence-corrected chi connectivity index (χ2v) is 7.39. The van der Waals surface area contributed by atoms with E-state index in [0.29, 0.717) is 18.9 Å². The Bertz CT molecular complexity index is 598. The van der Waals surface area contributed by atoms with Crippen molar-refractivity contribution < 1.29 is 31.8 Å². The Kier molecular flexibility index (Phi) is 5.77. The Hall–Kier alpha value is -1.34. The van der Waals surface area contributed by atoms with Gasteiger partial charge in [0.2, 0.25) is 0 Å². The molecule has 146 valence electrons. The van der Waals surface area contributed by atoms with Crippen molar-refractivity contribution in [3.8, 4) is 5.75 Å². The molecular formula is C19H24F4O3. The molecule has 0 saturated carbocycles. The summed E-state index contributed by atoms with van der Waals surface area (Å²) in [5, 5.41) is 0. The third-order valence-electron chi connectivity index (χ3n) is 5.26. The fourth-order valence-corrected chi connectivity index (χ4v) is 3.51. The summed E-state index contributed by atoms with van der Waals surface area (Å²) >= 11 is 0. The van der Waals surface area contributed by atoms with Crippen molar-refractivity contribution in [1.29, 1.82) is 0 Å². The van der Waals surface area contributed by atoms with Crippen LogP contribution in [0.1, 0.15) is 38.2 Å². The van der Waals surface area contributed by atoms with Gasteiger partial charge in [0.25, 0.3) is 0 Å². The Morgan fingerprint density at radius 3 is 2.23 bits per heavy atom. The molecule has 0 N–H and O–H groups in total. The standard InChI is InChI=1S/C19H24F4O3/c1-11-3-5-17(24-9-11)13-4-6-18(25-10-13)19(22,23)26-14-7-15(20)12(2)16(21)8-14/h7-8,11,13,17-18H,3-6,9-10H2,1-2H3. The minimum atomic E-state index is -3.67. The number of benzene rings is 1. The van der Waals surface area contributed by atoms with E-state index in [9.17, 15) is 17.6 Å². The summed E-state index contributed by atoms with van der Waals surface area (Å²) in [7, 11) is 0. The van der Waals surface area contributed by atoms with Gasteiger partial charge in [0.15, 0.2) is 6.10 Å². The molecule has 2 saturated heterocycles. The fourth-order valence-electron chi connectivity index (χ4n) is 3.51. The lowest BCUT2D eigenvalue weighted by Crippen LogP contribution is -2.47. The van der Waals surface area contributed by atoms with Crippen molar-refractivity contribution in [3.05, 3.63) is 29.3 Å². The summed E-state index contributed by atoms with van der Waals surface area (Å²) in [4.78, 5) is 0. The highest BCUT2D eigenvalue weighted by Gasteiger charge is 2.46. The SMILES string of the molecule is Cc1c(F)cc(OC(F)(F)C2CCC(C3CCC(C)CO3)CO2)cc1F. The van der Waals surface area contributed by atoms with Crippen LogP contribution in [0.25, 0.3) is 0 Å². The predicted molar refractivity (Wildman–Crippen MR) is 87.3 cm³/mol. The average Bonchev–Trinajstić information content (AvgIpc) is 2.60. The molecule has 2 aliphatic rings. The van der Waals surface area contributed by atoms with Crippen LogP contribution in [-0.4, -0.2) is 31.5 Å². The highest BCUT2D eigenvalue weighted by molar-refractivity contribution is 5.30. The summed E-state index contributed by atoms with van der Waals surface area (Å²) in [6, 6.07) is 1.52. The maximum Gasteiger partial charge on any atom is 0.424 e. The second-order valence-electron chi connectivity index (χ2n) is 7.39. The molecule has 3 rings (SSSR count). The zero-order valence-electron chi connectivity index (χ0n) is 14.9. The van der Waals surface area contributed by atoms with Gasteiger partial charge < -0.3 is 14.2 Å². The van der Waals surface area contributed by atoms with E-state index < -0.39 is 29.6 Å². The maximum absolute atomic E-state index is 14.4. The van der Waals surface area contributed by atoms with Crippen LogP contribution in [-0.2, 0) is 9.47 Å². The van der Waals surface area contributed by atoms with Gasteiger partial charge in [-0.1, -0.05) is 6.92 Å². The van der Waals surface area contributed by atoms with E-state index >= 15 is 0 Å². The lowest BCUT2D eigenvalue weighted by molar-refractivity contribution is -0.269. The molecular weight excluding hydrogens is 352 g/mol. The first-order valence-electron chi connectivity index (χ1n) is 9.02. The Balaban J connectivity index is 1.57. The van der Waals surface area contributed by atoms with Crippen molar-refractivity contribution in [3.63, 3.8) is 0 Å². The normalized spacial score (nSPS) is 30.2. The average molecular weight is 376 g/mol. The van der Waals surface area contributed by atoms with Crippen LogP contribution in [0.15, 0.2) is 12.1 Å². The molecule has 4 atom stereocenters. The number of halogens is 4. The minimum absolute atomic E-state index is 0.0435. The lowest BCUT2D eigenvalue weighted by Gasteiger charge is -2.38. The largest absolute Gasteiger partial charge is 0.430 e. The summed E-state index contributed by atoms with van der Waals surface area (Å²) in [5.74, 6) is -1.79. The minimum Gasteiger partial charge on any atom is -0.430 e. The molecule has 0 bridgehead atoms. The Morgan fingerprint density at radius 1 is 1.00 bits per heavy atom. The van der Waals surface area contributed by atoms with Crippen molar-refractivity contribution in [2.24, 2.45) is 11.8 Å². The van der Waals surface area contributed by atoms with E-state index in [2.05, 4.69) is 11.7 Å². The number of hydrogen-bond donors (Lipinski definition) is 0. The van der Waals surface area contributed by atoms with Crippen LogP contribution in [0.5, 0.6) is 5.75 Å². The van der Waals surface area contributed by atoms with Crippen LogP contribution in [0, 0.1) is 30.4 Å². The van der Waals surface area contributed by atoms with Crippen molar-refractivity contribution in [2.45, 2.75) is 57.8 Å². The molecule has 2 heterocycles. The number of hydrogen-bond acceptors (Lipinski definition) is 3. The van der Waals surface area contributed by atoms with Crippen LogP contribution >= 0.6 is 0 Å². The molecule has 7 heteroatoms. The zero-order chi connectivity index (χ0) is 18.9. The summed E-state index contributed by atoms with van der Waals surface area (Å²) in [5.41, 5.74) is -0.237. The molecule has 2 aliphatic heterocycles. The predicted octanol–water partition coefficient (Wildman–Crippen LogP) is 4.86. The highest BCUT2D eigenvalue weighted by Crippen LogP contribution is 2.36. The van der Waals surface area contributed by atoms with E-state index in [4.69, 9.17) is 9.47 Å². The number of rotatable bonds is 4. The molecule has 0 amide bonds. The van der Waals surface area contributed by atoms with Gasteiger partial charge in [-0.05, 0) is 38.5 Å². The Labute approximate surface area is 150 Å². The van der Waals surface area contributed by atoms with Crippen LogP contribution in [0.2, 0.25) is 0 Å². The first-order valence-corrected chi connectivity index (χ1v) is 9.02. The first kappa shape index (κ1) is 19.4. The molecule has 0 aliphatic carbocycles. The lowest BCUT2D eigenvalue weighted by atomic mass is 9.87. The van der Waals surface area contributed by atoms with E-state index in [-0.39, 0.29) is 30.6 Å². The fraction of sp³-hybridized carbons (Fsp3) is 0.684. The van der Waals surface area contributed by atoms with Gasteiger partial charge in [-0.2, -0.15) is 8.78 Å². The molecule has 0 spiro atoms. The molecule has 0 aromatic heterocycles. The summed E-state index contributed by atoms with van der Waals surface area (Å²) in [6.45, 7) is 4.21. The third kappa shape index (κ3) is 4.31. The van der Waals surface area contributed by atoms with Gasteiger partial charge in [-0.15, -0.1) is 0 Å². The van der Waals surface area contributed by atoms with Gasteiger partial charge in [-0.3, -0.25) is 0 Å². The molecule has 1 aromatic rings. The molecule has 26 heavy (non-hydrogen) atoms. The molecule has 0 radical (unpaired) electrons. The maximum atomic E-state index is 14.4. The second kappa shape index (κ2) is 7.72. The Morgan fingerprint density at radius 2 is 1.69 bits per heavy atom. The molecule has 3 nitrogen and oxygen atoms in total. The van der Waals surface area contributed by atoms with Crippen molar-refractivity contribution in [2.75, 3.05) is 13.2 Å². The molecule has 2 fully saturated rings. The van der Waals surface area contributed by atoms with Gasteiger partial charge in [0.05, 0.1) is 12.7 Å². The monoisotopic (exact) mass is 376 g/mol. The smallest absolute Gasteiger partial charge is 0.424 e. The van der Waals surface area contributed by atoms with Gasteiger partial charge in [0, 0.05) is 30.2 Å². The third-order valence-corrected chi connectivity index (χ3v) is 5.26. The van der Waals surface area contributed by atoms with Crippen LogP contribution in [0.4, 0.5) is 17.6 Å². The van der Waals surface area contributed by atoms with Gasteiger partial charge >= 0.3 is 6.11 Å². The van der Waals surface area contributed by atoms with Gasteiger partial charge in [-0.25, -0.2) is 8.78 Å².